The number of carbonyl (C=O) groups excluding carboxylic acids is 1. The fourth-order valence-electron chi connectivity index (χ4n) is 3.83. The Morgan fingerprint density at radius 2 is 1.32 bits per heavy atom. The predicted octanol–water partition coefficient (Wildman–Crippen LogP) is 7.28. The van der Waals surface area contributed by atoms with Crippen molar-refractivity contribution >= 4 is 14.4 Å². The minimum absolute atomic E-state index is 0.0306. The van der Waals surface area contributed by atoms with Gasteiger partial charge in [0, 0.05) is 25.4 Å². The molecule has 2 unspecified atom stereocenters. The fourth-order valence-corrected chi connectivity index (χ4v) is 4.53. The molecule has 6 nitrogen and oxygen atoms in total. The lowest BCUT2D eigenvalue weighted by Gasteiger charge is -2.18. The lowest BCUT2D eigenvalue weighted by atomic mass is 10.0. The molecule has 0 aromatic carbocycles. The van der Waals surface area contributed by atoms with Crippen LogP contribution in [0.5, 0.6) is 0 Å². The van der Waals surface area contributed by atoms with E-state index in [2.05, 4.69) is 11.8 Å². The molecule has 0 spiro atoms. The summed E-state index contributed by atoms with van der Waals surface area (Å²) in [7, 11) is 2.11. The van der Waals surface area contributed by atoms with Gasteiger partial charge in [0.1, 0.15) is 5.78 Å². The molecule has 0 radical (unpaired) electrons. The van der Waals surface area contributed by atoms with E-state index >= 15 is 0 Å². The van der Waals surface area contributed by atoms with Crippen molar-refractivity contribution < 1.29 is 23.5 Å². The summed E-state index contributed by atoms with van der Waals surface area (Å²) in [5.41, 5.74) is 0. The Balaban J connectivity index is 3.73. The summed E-state index contributed by atoms with van der Waals surface area (Å²) in [5.74, 6) is 0.171. The van der Waals surface area contributed by atoms with Crippen molar-refractivity contribution in [3.05, 3.63) is 0 Å². The molecule has 1 N–H and O–H groups in total. The van der Waals surface area contributed by atoms with Crippen LogP contribution in [0.1, 0.15) is 117 Å². The molecule has 0 fully saturated rings. The van der Waals surface area contributed by atoms with Gasteiger partial charge in [0.15, 0.2) is 0 Å². The molecule has 0 saturated carbocycles. The Morgan fingerprint density at radius 1 is 0.765 bits per heavy atom. The Morgan fingerprint density at radius 3 is 1.85 bits per heavy atom. The standard InChI is InChI=1S/C27H56NO5P/c1-5-7-8-9-10-11-12-13-14-15-16-17-18-21-31-24-26(23-27(29)6-2)25-33-34(30)32-22-19-20-28(3)4/h26,30H,5-25H2,1-4H3. The highest BCUT2D eigenvalue weighted by atomic mass is 31.2. The number of hydrogen-bond acceptors (Lipinski definition) is 6. The zero-order valence-electron chi connectivity index (χ0n) is 22.9. The van der Waals surface area contributed by atoms with Gasteiger partial charge in [-0.3, -0.25) is 4.79 Å². The molecule has 204 valence electrons. The third kappa shape index (κ3) is 25.0. The van der Waals surface area contributed by atoms with Crippen LogP contribution >= 0.6 is 8.60 Å². The first kappa shape index (κ1) is 33.9. The maximum atomic E-state index is 11.9. The first-order valence-corrected chi connectivity index (χ1v) is 15.1. The average Bonchev–Trinajstić information content (AvgIpc) is 2.82. The van der Waals surface area contributed by atoms with Crippen LogP contribution in [0, 0.1) is 5.92 Å². The first-order valence-electron chi connectivity index (χ1n) is 14.0. The molecule has 34 heavy (non-hydrogen) atoms. The summed E-state index contributed by atoms with van der Waals surface area (Å²) in [6.07, 6.45) is 19.2. The van der Waals surface area contributed by atoms with Crippen LogP contribution in [0.15, 0.2) is 0 Å². The lowest BCUT2D eigenvalue weighted by Crippen LogP contribution is -2.19. The van der Waals surface area contributed by atoms with E-state index in [4.69, 9.17) is 13.8 Å². The molecule has 0 bridgehead atoms. The molecule has 0 saturated heterocycles. The Hall–Kier alpha value is -0.100. The summed E-state index contributed by atoms with van der Waals surface area (Å²) in [6.45, 7) is 7.03. The highest BCUT2D eigenvalue weighted by Gasteiger charge is 2.17. The van der Waals surface area contributed by atoms with Crippen molar-refractivity contribution in [2.75, 3.05) is 47.1 Å². The number of ketones is 1. The van der Waals surface area contributed by atoms with Gasteiger partial charge >= 0.3 is 8.60 Å². The number of rotatable bonds is 27. The second-order valence-corrected chi connectivity index (χ2v) is 10.8. The highest BCUT2D eigenvalue weighted by Crippen LogP contribution is 2.33. The molecule has 2 atom stereocenters. The summed E-state index contributed by atoms with van der Waals surface area (Å²) in [4.78, 5) is 23.9. The smallest absolute Gasteiger partial charge is 0.329 e. The number of nitrogens with zero attached hydrogens (tertiary/aromatic N) is 1. The van der Waals surface area contributed by atoms with Crippen molar-refractivity contribution in [1.29, 1.82) is 0 Å². The van der Waals surface area contributed by atoms with Crippen molar-refractivity contribution in [3.8, 4) is 0 Å². The maximum absolute atomic E-state index is 11.9. The Labute approximate surface area is 212 Å². The van der Waals surface area contributed by atoms with Gasteiger partial charge in [0.25, 0.3) is 0 Å². The highest BCUT2D eigenvalue weighted by molar-refractivity contribution is 7.40. The van der Waals surface area contributed by atoms with Gasteiger partial charge in [0.2, 0.25) is 0 Å². The second-order valence-electron chi connectivity index (χ2n) is 9.80. The molecule has 7 heteroatoms. The van der Waals surface area contributed by atoms with E-state index in [0.717, 1.165) is 26.0 Å². The van der Waals surface area contributed by atoms with E-state index in [1.165, 1.54) is 77.0 Å². The van der Waals surface area contributed by atoms with Crippen LogP contribution in [0.4, 0.5) is 0 Å². The van der Waals surface area contributed by atoms with E-state index in [9.17, 15) is 9.69 Å². The van der Waals surface area contributed by atoms with Crippen LogP contribution in [-0.4, -0.2) is 62.6 Å². The summed E-state index contributed by atoms with van der Waals surface area (Å²) < 4.78 is 16.7. The van der Waals surface area contributed by atoms with Crippen LogP contribution in [0.2, 0.25) is 0 Å². The zero-order valence-corrected chi connectivity index (χ0v) is 23.8. The number of hydrogen-bond donors (Lipinski definition) is 1. The molecule has 0 aromatic rings. The molecular formula is C27H56NO5P. The number of carbonyl (C=O) groups is 1. The van der Waals surface area contributed by atoms with Crippen molar-refractivity contribution in [3.63, 3.8) is 0 Å². The van der Waals surface area contributed by atoms with Crippen LogP contribution in [0.3, 0.4) is 0 Å². The minimum atomic E-state index is -1.90. The van der Waals surface area contributed by atoms with E-state index in [0.29, 0.717) is 32.7 Å². The Kier molecular flexibility index (Phi) is 25.9. The van der Waals surface area contributed by atoms with Gasteiger partial charge in [-0.05, 0) is 33.5 Å². The molecule has 0 rings (SSSR count). The maximum Gasteiger partial charge on any atom is 0.329 e. The molecule has 0 aliphatic carbocycles. The first-order chi connectivity index (χ1) is 16.5. The largest absolute Gasteiger partial charge is 0.381 e. The second kappa shape index (κ2) is 26.0. The SMILES string of the molecule is CCCCCCCCCCCCCCCOCC(COP(O)OCCCN(C)C)CC(=O)CC. The van der Waals surface area contributed by atoms with Gasteiger partial charge in [-0.2, -0.15) is 0 Å². The van der Waals surface area contributed by atoms with Crippen LogP contribution in [0.25, 0.3) is 0 Å². The Bertz CT molecular complexity index is 439. The van der Waals surface area contributed by atoms with Crippen LogP contribution < -0.4 is 0 Å². The van der Waals surface area contributed by atoms with E-state index in [1.807, 2.05) is 21.0 Å². The fraction of sp³-hybridized carbons (Fsp3) is 0.963. The quantitative estimate of drug-likeness (QED) is 0.0934. The van der Waals surface area contributed by atoms with Crippen molar-refractivity contribution in [2.45, 2.75) is 117 Å². The topological polar surface area (TPSA) is 68.2 Å². The lowest BCUT2D eigenvalue weighted by molar-refractivity contribution is -0.120. The third-order valence-electron chi connectivity index (χ3n) is 6.03. The van der Waals surface area contributed by atoms with Crippen molar-refractivity contribution in [1.82, 2.24) is 4.90 Å². The van der Waals surface area contributed by atoms with Gasteiger partial charge in [-0.15, -0.1) is 0 Å². The van der Waals surface area contributed by atoms with Gasteiger partial charge in [-0.1, -0.05) is 90.9 Å². The van der Waals surface area contributed by atoms with Crippen LogP contribution in [-0.2, 0) is 18.6 Å². The molecule has 0 heterocycles. The average molecular weight is 506 g/mol. The summed E-state index contributed by atoms with van der Waals surface area (Å²) in [6, 6.07) is 0. The van der Waals surface area contributed by atoms with Gasteiger partial charge in [0.05, 0.1) is 19.8 Å². The van der Waals surface area contributed by atoms with E-state index < -0.39 is 8.60 Å². The van der Waals surface area contributed by atoms with Gasteiger partial charge < -0.3 is 23.6 Å². The van der Waals surface area contributed by atoms with E-state index in [-0.39, 0.29) is 11.7 Å². The third-order valence-corrected chi connectivity index (χ3v) is 6.80. The molecule has 0 aliphatic heterocycles. The van der Waals surface area contributed by atoms with Crippen molar-refractivity contribution in [2.24, 2.45) is 5.92 Å². The van der Waals surface area contributed by atoms with Gasteiger partial charge in [-0.25, -0.2) is 0 Å². The summed E-state index contributed by atoms with van der Waals surface area (Å²) >= 11 is 0. The molecule has 0 amide bonds. The number of unbranched alkanes of at least 4 members (excludes halogenated alkanes) is 12. The zero-order chi connectivity index (χ0) is 25.3. The molecular weight excluding hydrogens is 449 g/mol. The predicted molar refractivity (Wildman–Crippen MR) is 144 cm³/mol. The number of Topliss-reactive ketones (excluding diaryl/α,β-unsaturated/α-hetero) is 1. The monoisotopic (exact) mass is 505 g/mol. The van der Waals surface area contributed by atoms with E-state index in [1.54, 1.807) is 0 Å². The normalized spacial score (nSPS) is 13.5. The summed E-state index contributed by atoms with van der Waals surface area (Å²) in [5, 5.41) is 0. The minimum Gasteiger partial charge on any atom is -0.381 e. The molecule has 0 aliphatic rings. The number of ether oxygens (including phenoxy) is 1. The molecule has 0 aromatic heterocycles.